The highest BCUT2D eigenvalue weighted by atomic mass is 28.3. The minimum absolute atomic E-state index is 0.0848. The van der Waals surface area contributed by atoms with E-state index in [4.69, 9.17) is 9.31 Å². The second-order valence-corrected chi connectivity index (χ2v) is 13.4. The lowest BCUT2D eigenvalue weighted by Gasteiger charge is -2.32. The molecule has 1 aromatic carbocycles. The molecule has 1 saturated heterocycles. The number of hydrogen-bond acceptors (Lipinski definition) is 2. The fourth-order valence-corrected chi connectivity index (χ4v) is 6.15. The quantitative estimate of drug-likeness (QED) is 0.532. The molecule has 1 aliphatic rings. The second-order valence-electron chi connectivity index (χ2n) is 8.74. The first kappa shape index (κ1) is 19.5. The standard InChI is InChI=1S/C20H33BO2Si/c1-17(16-24(6,7)18-13-9-8-10-14-18)12-11-15-21-22-19(2,3)20(4,5)23-21/h8-10,12-14H,11,15-16H2,1-7H3/b17-12+. The maximum absolute atomic E-state index is 6.07. The third-order valence-electron chi connectivity index (χ3n) is 5.47. The van der Waals surface area contributed by atoms with E-state index in [-0.39, 0.29) is 18.3 Å². The number of rotatable bonds is 6. The monoisotopic (exact) mass is 344 g/mol. The van der Waals surface area contributed by atoms with Crippen LogP contribution in [0.15, 0.2) is 42.0 Å². The van der Waals surface area contributed by atoms with Crippen LogP contribution in [-0.2, 0) is 9.31 Å². The molecule has 0 spiro atoms. The molecule has 2 nitrogen and oxygen atoms in total. The lowest BCUT2D eigenvalue weighted by atomic mass is 9.83. The lowest BCUT2D eigenvalue weighted by molar-refractivity contribution is 0.00578. The predicted octanol–water partition coefficient (Wildman–Crippen LogP) is 5.03. The van der Waals surface area contributed by atoms with Crippen LogP contribution in [0.4, 0.5) is 0 Å². The van der Waals surface area contributed by atoms with Gasteiger partial charge in [-0.1, -0.05) is 60.3 Å². The molecule has 1 aromatic rings. The number of allylic oxidation sites excluding steroid dienone is 2. The van der Waals surface area contributed by atoms with Crippen molar-refractivity contribution in [3.63, 3.8) is 0 Å². The molecule has 132 valence electrons. The molecule has 0 saturated carbocycles. The molecule has 0 radical (unpaired) electrons. The van der Waals surface area contributed by atoms with E-state index < -0.39 is 8.07 Å². The van der Waals surface area contributed by atoms with E-state index in [9.17, 15) is 0 Å². The molecule has 0 aromatic heterocycles. The molecule has 0 atom stereocenters. The summed E-state index contributed by atoms with van der Waals surface area (Å²) in [5.74, 6) is 0. The Kier molecular flexibility index (Phi) is 5.83. The summed E-state index contributed by atoms with van der Waals surface area (Å²) in [5, 5.41) is 1.53. The van der Waals surface area contributed by atoms with E-state index in [0.29, 0.717) is 0 Å². The Hall–Kier alpha value is -0.838. The van der Waals surface area contributed by atoms with E-state index in [1.54, 1.807) is 0 Å². The molecular formula is C20H33BO2Si. The lowest BCUT2D eigenvalue weighted by Crippen LogP contribution is -2.41. The van der Waals surface area contributed by atoms with Crippen molar-refractivity contribution in [2.24, 2.45) is 0 Å². The maximum Gasteiger partial charge on any atom is 0.458 e. The van der Waals surface area contributed by atoms with Crippen LogP contribution in [0.5, 0.6) is 0 Å². The Morgan fingerprint density at radius 2 is 1.58 bits per heavy atom. The van der Waals surface area contributed by atoms with Crippen LogP contribution in [0.3, 0.4) is 0 Å². The summed E-state index contributed by atoms with van der Waals surface area (Å²) in [6, 6.07) is 12.2. The summed E-state index contributed by atoms with van der Waals surface area (Å²) in [6.45, 7) is 15.6. The van der Waals surface area contributed by atoms with Gasteiger partial charge < -0.3 is 9.31 Å². The third-order valence-corrected chi connectivity index (χ3v) is 8.81. The van der Waals surface area contributed by atoms with E-state index in [0.717, 1.165) is 12.7 Å². The van der Waals surface area contributed by atoms with Crippen LogP contribution in [0, 0.1) is 0 Å². The first-order chi connectivity index (χ1) is 11.0. The molecule has 1 fully saturated rings. The van der Waals surface area contributed by atoms with Gasteiger partial charge in [0.15, 0.2) is 0 Å². The Balaban J connectivity index is 1.87. The minimum atomic E-state index is -1.40. The summed E-state index contributed by atoms with van der Waals surface area (Å²) in [6.07, 6.45) is 4.32. The van der Waals surface area contributed by atoms with Gasteiger partial charge >= 0.3 is 7.12 Å². The van der Waals surface area contributed by atoms with Crippen molar-refractivity contribution in [1.82, 2.24) is 0 Å². The normalized spacial score (nSPS) is 20.5. The van der Waals surface area contributed by atoms with Crippen LogP contribution < -0.4 is 5.19 Å². The topological polar surface area (TPSA) is 18.5 Å². The first-order valence-corrected chi connectivity index (χ1v) is 12.3. The van der Waals surface area contributed by atoms with E-state index in [2.05, 4.69) is 84.1 Å². The predicted molar refractivity (Wildman–Crippen MR) is 108 cm³/mol. The maximum atomic E-state index is 6.07. The molecule has 0 aliphatic carbocycles. The van der Waals surface area contributed by atoms with Crippen molar-refractivity contribution in [1.29, 1.82) is 0 Å². The van der Waals surface area contributed by atoms with Gasteiger partial charge in [-0.25, -0.2) is 0 Å². The van der Waals surface area contributed by atoms with Crippen molar-refractivity contribution in [3.8, 4) is 0 Å². The Morgan fingerprint density at radius 1 is 1.04 bits per heavy atom. The average molecular weight is 344 g/mol. The van der Waals surface area contributed by atoms with Crippen LogP contribution in [0.1, 0.15) is 41.0 Å². The summed E-state index contributed by atoms with van der Waals surface area (Å²) >= 11 is 0. The average Bonchev–Trinajstić information content (AvgIpc) is 2.67. The first-order valence-electron chi connectivity index (χ1n) is 9.10. The van der Waals surface area contributed by atoms with Crippen molar-refractivity contribution in [3.05, 3.63) is 42.0 Å². The van der Waals surface area contributed by atoms with Gasteiger partial charge in [0.1, 0.15) is 0 Å². The van der Waals surface area contributed by atoms with Gasteiger partial charge in [0.25, 0.3) is 0 Å². The largest absolute Gasteiger partial charge is 0.458 e. The Labute approximate surface area is 149 Å². The Bertz CT molecular complexity index is 563. The van der Waals surface area contributed by atoms with Crippen LogP contribution >= 0.6 is 0 Å². The summed E-state index contributed by atoms with van der Waals surface area (Å²) in [7, 11) is -1.49. The van der Waals surface area contributed by atoms with Crippen molar-refractivity contribution in [2.75, 3.05) is 0 Å². The van der Waals surface area contributed by atoms with Gasteiger partial charge in [0, 0.05) is 0 Å². The van der Waals surface area contributed by atoms with Crippen LogP contribution in [0.2, 0.25) is 25.5 Å². The fourth-order valence-electron chi connectivity index (χ4n) is 3.31. The van der Waals surface area contributed by atoms with Crippen LogP contribution in [-0.4, -0.2) is 26.4 Å². The highest BCUT2D eigenvalue weighted by molar-refractivity contribution is 6.90. The molecule has 0 amide bonds. The zero-order valence-electron chi connectivity index (χ0n) is 16.5. The molecule has 2 rings (SSSR count). The van der Waals surface area contributed by atoms with Gasteiger partial charge in [0.05, 0.1) is 19.3 Å². The minimum Gasteiger partial charge on any atom is -0.403 e. The molecule has 0 N–H and O–H groups in total. The Morgan fingerprint density at radius 3 is 2.12 bits per heavy atom. The summed E-state index contributed by atoms with van der Waals surface area (Å²) < 4.78 is 12.1. The highest BCUT2D eigenvalue weighted by Gasteiger charge is 2.50. The molecule has 4 heteroatoms. The highest BCUT2D eigenvalue weighted by Crippen LogP contribution is 2.38. The van der Waals surface area contributed by atoms with Gasteiger partial charge in [0.2, 0.25) is 0 Å². The van der Waals surface area contributed by atoms with Gasteiger partial charge in [-0.15, -0.1) is 0 Å². The van der Waals surface area contributed by atoms with Crippen molar-refractivity contribution in [2.45, 2.75) is 77.7 Å². The molecule has 1 heterocycles. The molecule has 1 aliphatic heterocycles. The van der Waals surface area contributed by atoms with Crippen molar-refractivity contribution >= 4 is 20.4 Å². The number of hydrogen-bond donors (Lipinski definition) is 0. The molecular weight excluding hydrogens is 311 g/mol. The SMILES string of the molecule is C/C(=C\CCB1OC(C)(C)C(C)(C)O1)C[Si](C)(C)c1ccccc1. The summed E-state index contributed by atoms with van der Waals surface area (Å²) in [5.41, 5.74) is 1.05. The van der Waals surface area contributed by atoms with Crippen molar-refractivity contribution < 1.29 is 9.31 Å². The third kappa shape index (κ3) is 4.62. The zero-order valence-corrected chi connectivity index (χ0v) is 17.5. The van der Waals surface area contributed by atoms with E-state index in [1.165, 1.54) is 16.8 Å². The second kappa shape index (κ2) is 7.19. The number of benzene rings is 1. The summed E-state index contributed by atoms with van der Waals surface area (Å²) in [4.78, 5) is 0. The zero-order chi connectivity index (χ0) is 18.0. The van der Waals surface area contributed by atoms with Crippen LogP contribution in [0.25, 0.3) is 0 Å². The van der Waals surface area contributed by atoms with Gasteiger partial charge in [-0.3, -0.25) is 0 Å². The van der Waals surface area contributed by atoms with Gasteiger partial charge in [-0.05, 0) is 53.4 Å². The molecule has 24 heavy (non-hydrogen) atoms. The fraction of sp³-hybridized carbons (Fsp3) is 0.600. The van der Waals surface area contributed by atoms with E-state index >= 15 is 0 Å². The smallest absolute Gasteiger partial charge is 0.403 e. The molecule has 0 unspecified atom stereocenters. The van der Waals surface area contributed by atoms with E-state index in [1.807, 2.05) is 0 Å². The molecule has 0 bridgehead atoms. The van der Waals surface area contributed by atoms with Gasteiger partial charge in [-0.2, -0.15) is 0 Å².